The van der Waals surface area contributed by atoms with Crippen LogP contribution < -0.4 is 5.73 Å². The Balaban J connectivity index is 1.93. The molecule has 1 unspecified atom stereocenters. The molecule has 2 rings (SSSR count). The average Bonchev–Trinajstić information content (AvgIpc) is 3.26. The van der Waals surface area contributed by atoms with Gasteiger partial charge in [-0.1, -0.05) is 22.0 Å². The SMILES string of the molecule is CC(N)=C(C=NCC1CC1)CCC(O)c1ccc(F)cc1Br. The Labute approximate surface area is 139 Å². The summed E-state index contributed by atoms with van der Waals surface area (Å²) in [5, 5.41) is 10.3. The predicted octanol–water partition coefficient (Wildman–Crippen LogP) is 4.12. The number of halogens is 2. The zero-order chi connectivity index (χ0) is 16.1. The van der Waals surface area contributed by atoms with Crippen LogP contribution >= 0.6 is 15.9 Å². The summed E-state index contributed by atoms with van der Waals surface area (Å²) in [4.78, 5) is 4.43. The first-order chi connectivity index (χ1) is 10.5. The number of aliphatic hydroxyl groups is 1. The lowest BCUT2D eigenvalue weighted by Crippen LogP contribution is -2.04. The molecule has 120 valence electrons. The van der Waals surface area contributed by atoms with Crippen LogP contribution in [0.5, 0.6) is 0 Å². The van der Waals surface area contributed by atoms with E-state index < -0.39 is 6.10 Å². The van der Waals surface area contributed by atoms with Crippen molar-refractivity contribution in [2.45, 2.75) is 38.7 Å². The molecule has 1 aromatic rings. The van der Waals surface area contributed by atoms with Crippen LogP contribution in [0.2, 0.25) is 0 Å². The standard InChI is InChI=1S/C17H22BrFN2O/c1-11(20)13(10-21-9-12-2-3-12)4-7-17(22)15-6-5-14(19)8-16(15)18/h5-6,8,10,12,17,22H,2-4,7,9,20H2,1H3. The number of nitrogens with two attached hydrogens (primary N) is 1. The van der Waals surface area contributed by atoms with Gasteiger partial charge in [-0.15, -0.1) is 0 Å². The minimum atomic E-state index is -0.666. The molecular weight excluding hydrogens is 347 g/mol. The van der Waals surface area contributed by atoms with Crippen molar-refractivity contribution in [3.05, 3.63) is 45.3 Å². The number of rotatable bonds is 7. The minimum Gasteiger partial charge on any atom is -0.402 e. The molecule has 0 aliphatic heterocycles. The summed E-state index contributed by atoms with van der Waals surface area (Å²) >= 11 is 3.29. The Morgan fingerprint density at radius 3 is 2.86 bits per heavy atom. The molecule has 1 aromatic carbocycles. The molecule has 1 aliphatic rings. The van der Waals surface area contributed by atoms with E-state index >= 15 is 0 Å². The van der Waals surface area contributed by atoms with Crippen LogP contribution in [-0.2, 0) is 0 Å². The van der Waals surface area contributed by atoms with Crippen LogP contribution in [0.1, 0.15) is 44.3 Å². The summed E-state index contributed by atoms with van der Waals surface area (Å²) in [5.74, 6) is 0.421. The maximum Gasteiger partial charge on any atom is 0.124 e. The molecule has 0 radical (unpaired) electrons. The second kappa shape index (κ2) is 7.88. The quantitative estimate of drug-likeness (QED) is 0.711. The lowest BCUT2D eigenvalue weighted by atomic mass is 10.0. The fourth-order valence-electron chi connectivity index (χ4n) is 2.20. The van der Waals surface area contributed by atoms with Crippen LogP contribution in [0.3, 0.4) is 0 Å². The van der Waals surface area contributed by atoms with E-state index in [1.54, 1.807) is 6.07 Å². The van der Waals surface area contributed by atoms with Crippen molar-refractivity contribution >= 4 is 22.1 Å². The Kier molecular flexibility index (Phi) is 6.15. The van der Waals surface area contributed by atoms with Gasteiger partial charge in [0.25, 0.3) is 0 Å². The van der Waals surface area contributed by atoms with Crippen molar-refractivity contribution < 1.29 is 9.50 Å². The first-order valence-corrected chi connectivity index (χ1v) is 8.34. The van der Waals surface area contributed by atoms with Gasteiger partial charge < -0.3 is 10.8 Å². The molecule has 5 heteroatoms. The van der Waals surface area contributed by atoms with Gasteiger partial charge in [-0.3, -0.25) is 4.99 Å². The van der Waals surface area contributed by atoms with Crippen LogP contribution in [0, 0.1) is 11.7 Å². The maximum atomic E-state index is 13.1. The molecule has 22 heavy (non-hydrogen) atoms. The molecule has 1 atom stereocenters. The van der Waals surface area contributed by atoms with E-state index in [2.05, 4.69) is 20.9 Å². The van der Waals surface area contributed by atoms with Crippen molar-refractivity contribution in [3.8, 4) is 0 Å². The topological polar surface area (TPSA) is 58.6 Å². The third-order valence-electron chi connectivity index (χ3n) is 3.82. The van der Waals surface area contributed by atoms with Crippen LogP contribution in [-0.4, -0.2) is 17.9 Å². The van der Waals surface area contributed by atoms with Gasteiger partial charge >= 0.3 is 0 Å². The Morgan fingerprint density at radius 2 is 2.27 bits per heavy atom. The minimum absolute atomic E-state index is 0.326. The van der Waals surface area contributed by atoms with E-state index in [9.17, 15) is 9.50 Å². The monoisotopic (exact) mass is 368 g/mol. The van der Waals surface area contributed by atoms with E-state index in [1.165, 1.54) is 25.0 Å². The Bertz CT molecular complexity index is 578. The number of hydrogen-bond acceptors (Lipinski definition) is 3. The molecule has 3 nitrogen and oxygen atoms in total. The van der Waals surface area contributed by atoms with E-state index in [0.717, 1.165) is 23.7 Å². The van der Waals surface area contributed by atoms with Gasteiger partial charge in [-0.05, 0) is 61.8 Å². The number of allylic oxidation sites excluding steroid dienone is 2. The van der Waals surface area contributed by atoms with Gasteiger partial charge in [0.15, 0.2) is 0 Å². The van der Waals surface area contributed by atoms with Crippen LogP contribution in [0.4, 0.5) is 4.39 Å². The maximum absolute atomic E-state index is 13.1. The normalized spacial score (nSPS) is 17.6. The molecule has 0 heterocycles. The van der Waals surface area contributed by atoms with Gasteiger partial charge in [0.05, 0.1) is 6.10 Å². The number of aliphatic imine (C=N–C) groups is 1. The first kappa shape index (κ1) is 17.2. The number of benzene rings is 1. The van der Waals surface area contributed by atoms with Gasteiger partial charge in [-0.25, -0.2) is 4.39 Å². The van der Waals surface area contributed by atoms with E-state index in [-0.39, 0.29) is 5.82 Å². The highest BCUT2D eigenvalue weighted by Gasteiger charge is 2.20. The molecule has 1 fully saturated rings. The zero-order valence-corrected chi connectivity index (χ0v) is 14.3. The van der Waals surface area contributed by atoms with Gasteiger partial charge in [0.1, 0.15) is 5.82 Å². The number of aliphatic hydroxyl groups excluding tert-OH is 1. The second-order valence-corrected chi connectivity index (χ2v) is 6.72. The predicted molar refractivity (Wildman–Crippen MR) is 91.3 cm³/mol. The molecule has 0 saturated heterocycles. The van der Waals surface area contributed by atoms with Crippen LogP contribution in [0.25, 0.3) is 0 Å². The molecule has 1 aliphatic carbocycles. The lowest BCUT2D eigenvalue weighted by Gasteiger charge is -2.14. The van der Waals surface area contributed by atoms with E-state index in [1.807, 2.05) is 13.1 Å². The van der Waals surface area contributed by atoms with Crippen molar-refractivity contribution in [1.82, 2.24) is 0 Å². The van der Waals surface area contributed by atoms with Crippen molar-refractivity contribution in [2.75, 3.05) is 6.54 Å². The molecular formula is C17H22BrFN2O. The first-order valence-electron chi connectivity index (χ1n) is 7.55. The van der Waals surface area contributed by atoms with Crippen molar-refractivity contribution in [3.63, 3.8) is 0 Å². The highest BCUT2D eigenvalue weighted by atomic mass is 79.9. The van der Waals surface area contributed by atoms with E-state index in [0.29, 0.717) is 22.9 Å². The zero-order valence-electron chi connectivity index (χ0n) is 12.7. The van der Waals surface area contributed by atoms with Gasteiger partial charge in [0, 0.05) is 22.9 Å². The van der Waals surface area contributed by atoms with Gasteiger partial charge in [-0.2, -0.15) is 0 Å². The second-order valence-electron chi connectivity index (χ2n) is 5.87. The third-order valence-corrected chi connectivity index (χ3v) is 4.51. The summed E-state index contributed by atoms with van der Waals surface area (Å²) in [7, 11) is 0. The summed E-state index contributed by atoms with van der Waals surface area (Å²) in [5.41, 5.74) is 8.26. The molecule has 0 spiro atoms. The molecule has 0 bridgehead atoms. The highest BCUT2D eigenvalue weighted by Crippen LogP contribution is 2.29. The van der Waals surface area contributed by atoms with Gasteiger partial charge in [0.2, 0.25) is 0 Å². The number of nitrogens with zero attached hydrogens (tertiary/aromatic N) is 1. The average molecular weight is 369 g/mol. The molecule has 0 aromatic heterocycles. The lowest BCUT2D eigenvalue weighted by molar-refractivity contribution is 0.167. The molecule has 3 N–H and O–H groups in total. The summed E-state index contributed by atoms with van der Waals surface area (Å²) in [6.45, 7) is 2.71. The Hall–Kier alpha value is -1.20. The van der Waals surface area contributed by atoms with Crippen molar-refractivity contribution in [2.24, 2.45) is 16.6 Å². The summed E-state index contributed by atoms with van der Waals surface area (Å²) in [6, 6.07) is 4.32. The fourth-order valence-corrected chi connectivity index (χ4v) is 2.81. The van der Waals surface area contributed by atoms with Crippen molar-refractivity contribution in [1.29, 1.82) is 0 Å². The third kappa shape index (κ3) is 5.21. The smallest absolute Gasteiger partial charge is 0.124 e. The summed E-state index contributed by atoms with van der Waals surface area (Å²) in [6.07, 6.45) is 4.87. The highest BCUT2D eigenvalue weighted by molar-refractivity contribution is 9.10. The fraction of sp³-hybridized carbons (Fsp3) is 0.471. The molecule has 0 amide bonds. The largest absolute Gasteiger partial charge is 0.402 e. The number of hydrogen-bond donors (Lipinski definition) is 2. The van der Waals surface area contributed by atoms with E-state index in [4.69, 9.17) is 5.73 Å². The van der Waals surface area contributed by atoms with Crippen LogP contribution in [0.15, 0.2) is 38.9 Å². The Morgan fingerprint density at radius 1 is 1.55 bits per heavy atom. The molecule has 1 saturated carbocycles. The summed E-state index contributed by atoms with van der Waals surface area (Å²) < 4.78 is 13.7.